The van der Waals surface area contributed by atoms with Crippen LogP contribution in [-0.4, -0.2) is 19.0 Å². The van der Waals surface area contributed by atoms with E-state index >= 15 is 0 Å². The Balaban J connectivity index is 1.89. The van der Waals surface area contributed by atoms with Crippen LogP contribution >= 0.6 is 0 Å². The minimum atomic E-state index is -0.119. The molecule has 2 heteroatoms. The molecule has 1 aliphatic heterocycles. The van der Waals surface area contributed by atoms with Crippen LogP contribution in [0.15, 0.2) is 0 Å². The van der Waals surface area contributed by atoms with Gasteiger partial charge in [0.25, 0.3) is 0 Å². The maximum Gasteiger partial charge on any atom is 0.174 e. The van der Waals surface area contributed by atoms with Crippen LogP contribution in [-0.2, 0) is 9.47 Å². The van der Waals surface area contributed by atoms with E-state index in [9.17, 15) is 0 Å². The number of ether oxygens (including phenoxy) is 2. The molecule has 74 valence electrons. The van der Waals surface area contributed by atoms with E-state index in [0.29, 0.717) is 11.8 Å². The van der Waals surface area contributed by atoms with E-state index < -0.39 is 0 Å². The van der Waals surface area contributed by atoms with Gasteiger partial charge in [0.15, 0.2) is 5.79 Å². The summed E-state index contributed by atoms with van der Waals surface area (Å²) < 4.78 is 11.8. The van der Waals surface area contributed by atoms with E-state index in [4.69, 9.17) is 9.47 Å². The summed E-state index contributed by atoms with van der Waals surface area (Å²) >= 11 is 0. The molecular formula is C11H18O2. The summed E-state index contributed by atoms with van der Waals surface area (Å²) in [7, 11) is 0. The molecule has 0 aromatic carbocycles. The molecule has 0 N–H and O–H groups in total. The van der Waals surface area contributed by atoms with Crippen molar-refractivity contribution in [1.82, 2.24) is 0 Å². The lowest BCUT2D eigenvalue weighted by atomic mass is 9.77. The molecule has 0 aromatic rings. The summed E-state index contributed by atoms with van der Waals surface area (Å²) in [6.07, 6.45) is 5.29. The lowest BCUT2D eigenvalue weighted by Crippen LogP contribution is -2.45. The van der Waals surface area contributed by atoms with Gasteiger partial charge < -0.3 is 9.47 Å². The van der Waals surface area contributed by atoms with Gasteiger partial charge in [-0.1, -0.05) is 6.92 Å². The van der Waals surface area contributed by atoms with Gasteiger partial charge in [-0.3, -0.25) is 0 Å². The molecule has 3 fully saturated rings. The summed E-state index contributed by atoms with van der Waals surface area (Å²) in [6, 6.07) is 0. The van der Waals surface area contributed by atoms with E-state index in [2.05, 4.69) is 6.92 Å². The van der Waals surface area contributed by atoms with Crippen LogP contribution in [0.25, 0.3) is 0 Å². The first-order chi connectivity index (χ1) is 6.31. The molecule has 1 heterocycles. The third kappa shape index (κ3) is 1.02. The number of hydrogen-bond donors (Lipinski definition) is 0. The second kappa shape index (κ2) is 2.71. The zero-order valence-electron chi connectivity index (χ0n) is 8.29. The topological polar surface area (TPSA) is 18.5 Å². The van der Waals surface area contributed by atoms with Crippen LogP contribution in [0.2, 0.25) is 0 Å². The highest BCUT2D eigenvalue weighted by molar-refractivity contribution is 5.00. The fraction of sp³-hybridized carbons (Fsp3) is 1.00. The van der Waals surface area contributed by atoms with E-state index in [1.54, 1.807) is 0 Å². The van der Waals surface area contributed by atoms with Gasteiger partial charge in [-0.15, -0.1) is 0 Å². The lowest BCUT2D eigenvalue weighted by Gasteiger charge is -2.41. The fourth-order valence-electron chi connectivity index (χ4n) is 3.69. The molecule has 2 aliphatic carbocycles. The fourth-order valence-corrected chi connectivity index (χ4v) is 3.69. The molecule has 2 bridgehead atoms. The van der Waals surface area contributed by atoms with Crippen molar-refractivity contribution in [2.75, 3.05) is 13.2 Å². The molecule has 2 saturated carbocycles. The quantitative estimate of drug-likeness (QED) is 0.571. The molecule has 1 spiro atoms. The van der Waals surface area contributed by atoms with Crippen molar-refractivity contribution in [3.63, 3.8) is 0 Å². The standard InChI is InChI=1S/C11H18O2/c1-8-6-9-2-3-10(7-8)11(9)12-4-5-13-11/h8-10H,2-7H2,1H3. The van der Waals surface area contributed by atoms with E-state index in [-0.39, 0.29) is 5.79 Å². The maximum atomic E-state index is 5.89. The molecule has 2 unspecified atom stereocenters. The monoisotopic (exact) mass is 182 g/mol. The van der Waals surface area contributed by atoms with Crippen LogP contribution in [0, 0.1) is 17.8 Å². The Kier molecular flexibility index (Phi) is 1.72. The molecular weight excluding hydrogens is 164 g/mol. The average molecular weight is 182 g/mol. The van der Waals surface area contributed by atoms with Gasteiger partial charge in [0.05, 0.1) is 13.2 Å². The molecule has 2 nitrogen and oxygen atoms in total. The van der Waals surface area contributed by atoms with Gasteiger partial charge in [-0.2, -0.15) is 0 Å². The SMILES string of the molecule is CC1CC2CCC(C1)C21OCCO1. The maximum absolute atomic E-state index is 5.89. The molecule has 0 amide bonds. The van der Waals surface area contributed by atoms with Crippen molar-refractivity contribution in [1.29, 1.82) is 0 Å². The Morgan fingerprint density at radius 1 is 1.00 bits per heavy atom. The number of hydrogen-bond acceptors (Lipinski definition) is 2. The third-order valence-corrected chi connectivity index (χ3v) is 4.11. The second-order valence-corrected chi connectivity index (χ2v) is 4.97. The molecule has 2 atom stereocenters. The zero-order valence-corrected chi connectivity index (χ0v) is 8.29. The summed E-state index contributed by atoms with van der Waals surface area (Å²) in [6.45, 7) is 4.01. The van der Waals surface area contributed by atoms with Crippen LogP contribution in [0.5, 0.6) is 0 Å². The zero-order chi connectivity index (χ0) is 8.89. The molecule has 3 aliphatic rings. The third-order valence-electron chi connectivity index (χ3n) is 4.11. The molecule has 13 heavy (non-hydrogen) atoms. The Morgan fingerprint density at radius 2 is 1.54 bits per heavy atom. The molecule has 0 aromatic heterocycles. The lowest BCUT2D eigenvalue weighted by molar-refractivity contribution is -0.227. The van der Waals surface area contributed by atoms with Gasteiger partial charge >= 0.3 is 0 Å². The van der Waals surface area contributed by atoms with Gasteiger partial charge in [-0.25, -0.2) is 0 Å². The molecule has 0 radical (unpaired) electrons. The largest absolute Gasteiger partial charge is 0.347 e. The van der Waals surface area contributed by atoms with Crippen molar-refractivity contribution in [3.8, 4) is 0 Å². The summed E-state index contributed by atoms with van der Waals surface area (Å²) in [5.74, 6) is 2.16. The summed E-state index contributed by atoms with van der Waals surface area (Å²) in [5, 5.41) is 0. The minimum Gasteiger partial charge on any atom is -0.347 e. The van der Waals surface area contributed by atoms with E-state index in [1.165, 1.54) is 25.7 Å². The average Bonchev–Trinajstić information content (AvgIpc) is 2.63. The first kappa shape index (κ1) is 8.25. The van der Waals surface area contributed by atoms with Gasteiger partial charge in [0.2, 0.25) is 0 Å². The van der Waals surface area contributed by atoms with Crippen LogP contribution in [0.4, 0.5) is 0 Å². The summed E-state index contributed by atoms with van der Waals surface area (Å²) in [5.41, 5.74) is 0. The van der Waals surface area contributed by atoms with Gasteiger partial charge in [0, 0.05) is 11.8 Å². The van der Waals surface area contributed by atoms with Crippen molar-refractivity contribution in [2.24, 2.45) is 17.8 Å². The molecule has 3 rings (SSSR count). The predicted octanol–water partition coefficient (Wildman–Crippen LogP) is 2.19. The first-order valence-electron chi connectivity index (χ1n) is 5.59. The van der Waals surface area contributed by atoms with Gasteiger partial charge in [0.1, 0.15) is 0 Å². The highest BCUT2D eigenvalue weighted by atomic mass is 16.7. The Hall–Kier alpha value is -0.0800. The van der Waals surface area contributed by atoms with Crippen LogP contribution in [0.3, 0.4) is 0 Å². The van der Waals surface area contributed by atoms with Crippen molar-refractivity contribution in [2.45, 2.75) is 38.4 Å². The first-order valence-corrected chi connectivity index (χ1v) is 5.59. The normalized spacial score (nSPS) is 47.3. The van der Waals surface area contributed by atoms with Crippen LogP contribution < -0.4 is 0 Å². The van der Waals surface area contributed by atoms with Crippen molar-refractivity contribution < 1.29 is 9.47 Å². The van der Waals surface area contributed by atoms with E-state index in [0.717, 1.165) is 19.1 Å². The highest BCUT2D eigenvalue weighted by Crippen LogP contribution is 2.55. The Labute approximate surface area is 79.6 Å². The predicted molar refractivity (Wildman–Crippen MR) is 49.2 cm³/mol. The van der Waals surface area contributed by atoms with Crippen LogP contribution in [0.1, 0.15) is 32.6 Å². The Bertz CT molecular complexity index is 192. The van der Waals surface area contributed by atoms with Gasteiger partial charge in [-0.05, 0) is 31.6 Å². The molecule has 1 saturated heterocycles. The Morgan fingerprint density at radius 3 is 2.08 bits per heavy atom. The highest BCUT2D eigenvalue weighted by Gasteiger charge is 2.57. The second-order valence-electron chi connectivity index (χ2n) is 4.97. The van der Waals surface area contributed by atoms with E-state index in [1.807, 2.05) is 0 Å². The minimum absolute atomic E-state index is 0.119. The van der Waals surface area contributed by atoms with Crippen molar-refractivity contribution >= 4 is 0 Å². The summed E-state index contributed by atoms with van der Waals surface area (Å²) in [4.78, 5) is 0. The smallest absolute Gasteiger partial charge is 0.174 e. The number of rotatable bonds is 0. The van der Waals surface area contributed by atoms with Crippen molar-refractivity contribution in [3.05, 3.63) is 0 Å².